The summed E-state index contributed by atoms with van der Waals surface area (Å²) < 4.78 is 0. The standard InChI is InChI=1S/C9H13N3/c1-7(9(10)12-11)8-5-3-2-4-6-8/h2-7H,11H2,1H3,(H2,10,12). The summed E-state index contributed by atoms with van der Waals surface area (Å²) in [6.45, 7) is 1.97. The molecule has 1 rings (SSSR count). The molecule has 0 radical (unpaired) electrons. The Kier molecular flexibility index (Phi) is 2.69. The lowest BCUT2D eigenvalue weighted by Crippen LogP contribution is -2.21. The number of benzene rings is 1. The van der Waals surface area contributed by atoms with Gasteiger partial charge < -0.3 is 11.6 Å². The summed E-state index contributed by atoms with van der Waals surface area (Å²) in [5.41, 5.74) is 6.70. The maximum absolute atomic E-state index is 5.57. The van der Waals surface area contributed by atoms with E-state index >= 15 is 0 Å². The van der Waals surface area contributed by atoms with Crippen molar-refractivity contribution in [2.24, 2.45) is 16.7 Å². The van der Waals surface area contributed by atoms with Crippen LogP contribution < -0.4 is 11.6 Å². The van der Waals surface area contributed by atoms with Gasteiger partial charge in [0, 0.05) is 5.92 Å². The Morgan fingerprint density at radius 2 is 1.92 bits per heavy atom. The molecule has 0 amide bonds. The second-order valence-electron chi connectivity index (χ2n) is 2.69. The molecule has 1 aromatic rings. The van der Waals surface area contributed by atoms with Crippen molar-refractivity contribution in [2.75, 3.05) is 0 Å². The van der Waals surface area contributed by atoms with Crippen LogP contribution in [0.1, 0.15) is 18.4 Å². The molecule has 64 valence electrons. The second-order valence-corrected chi connectivity index (χ2v) is 2.69. The molecule has 0 saturated heterocycles. The highest BCUT2D eigenvalue weighted by Gasteiger charge is 2.07. The smallest absolute Gasteiger partial charge is 0.126 e. The largest absolute Gasteiger partial charge is 0.385 e. The van der Waals surface area contributed by atoms with Crippen LogP contribution in [0.25, 0.3) is 0 Å². The van der Waals surface area contributed by atoms with Crippen LogP contribution in [0.2, 0.25) is 0 Å². The van der Waals surface area contributed by atoms with E-state index in [1.807, 2.05) is 37.3 Å². The fourth-order valence-corrected chi connectivity index (χ4v) is 1.02. The van der Waals surface area contributed by atoms with Gasteiger partial charge in [-0.1, -0.05) is 37.3 Å². The molecule has 0 aromatic heterocycles. The van der Waals surface area contributed by atoms with E-state index in [1.54, 1.807) is 0 Å². The molecule has 0 spiro atoms. The van der Waals surface area contributed by atoms with Gasteiger partial charge in [-0.15, -0.1) is 0 Å². The molecule has 0 fully saturated rings. The van der Waals surface area contributed by atoms with Crippen LogP contribution in [0.4, 0.5) is 0 Å². The first-order chi connectivity index (χ1) is 5.75. The number of hydrazone groups is 1. The molecule has 1 unspecified atom stereocenters. The normalized spacial score (nSPS) is 14.2. The first kappa shape index (κ1) is 8.59. The zero-order valence-corrected chi connectivity index (χ0v) is 7.07. The molecule has 0 aliphatic rings. The number of nitrogens with two attached hydrogens (primary N) is 2. The molecule has 0 aliphatic heterocycles. The van der Waals surface area contributed by atoms with Gasteiger partial charge in [0.05, 0.1) is 0 Å². The number of rotatable bonds is 2. The lowest BCUT2D eigenvalue weighted by atomic mass is 10.0. The van der Waals surface area contributed by atoms with Crippen LogP contribution in [-0.4, -0.2) is 5.84 Å². The van der Waals surface area contributed by atoms with Crippen molar-refractivity contribution in [2.45, 2.75) is 12.8 Å². The van der Waals surface area contributed by atoms with Crippen LogP contribution >= 0.6 is 0 Å². The SMILES string of the molecule is CC(/C(N)=N/N)c1ccccc1. The number of hydrogen-bond acceptors (Lipinski definition) is 2. The molecule has 0 saturated carbocycles. The topological polar surface area (TPSA) is 64.4 Å². The predicted octanol–water partition coefficient (Wildman–Crippen LogP) is 1.02. The Balaban J connectivity index is 2.86. The van der Waals surface area contributed by atoms with E-state index in [9.17, 15) is 0 Å². The first-order valence-corrected chi connectivity index (χ1v) is 3.84. The third-order valence-corrected chi connectivity index (χ3v) is 1.89. The van der Waals surface area contributed by atoms with Crippen LogP contribution in [0.3, 0.4) is 0 Å². The van der Waals surface area contributed by atoms with E-state index in [1.165, 1.54) is 0 Å². The zero-order chi connectivity index (χ0) is 8.97. The Hall–Kier alpha value is -1.51. The van der Waals surface area contributed by atoms with Crippen molar-refractivity contribution >= 4 is 5.84 Å². The second kappa shape index (κ2) is 3.76. The average molecular weight is 163 g/mol. The minimum absolute atomic E-state index is 0.0937. The van der Waals surface area contributed by atoms with E-state index in [0.29, 0.717) is 5.84 Å². The quantitative estimate of drug-likeness (QED) is 0.296. The summed E-state index contributed by atoms with van der Waals surface area (Å²) in [6.07, 6.45) is 0. The molecular formula is C9H13N3. The van der Waals surface area contributed by atoms with Crippen molar-refractivity contribution in [1.82, 2.24) is 0 Å². The van der Waals surface area contributed by atoms with Crippen LogP contribution in [-0.2, 0) is 0 Å². The Bertz CT molecular complexity index is 266. The fourth-order valence-electron chi connectivity index (χ4n) is 1.02. The number of hydrogen-bond donors (Lipinski definition) is 2. The summed E-state index contributed by atoms with van der Waals surface area (Å²) >= 11 is 0. The molecule has 3 nitrogen and oxygen atoms in total. The number of amidine groups is 1. The maximum atomic E-state index is 5.57. The molecule has 12 heavy (non-hydrogen) atoms. The third kappa shape index (κ3) is 1.75. The van der Waals surface area contributed by atoms with E-state index in [-0.39, 0.29) is 5.92 Å². The van der Waals surface area contributed by atoms with Gasteiger partial charge in [-0.05, 0) is 5.56 Å². The molecule has 1 aromatic carbocycles. The highest BCUT2D eigenvalue weighted by molar-refractivity contribution is 5.86. The summed E-state index contributed by atoms with van der Waals surface area (Å²) in [5, 5.41) is 3.46. The molecular weight excluding hydrogens is 150 g/mol. The van der Waals surface area contributed by atoms with E-state index < -0.39 is 0 Å². The van der Waals surface area contributed by atoms with Gasteiger partial charge in [0.2, 0.25) is 0 Å². The summed E-state index contributed by atoms with van der Waals surface area (Å²) in [4.78, 5) is 0. The van der Waals surface area contributed by atoms with Crippen molar-refractivity contribution < 1.29 is 0 Å². The van der Waals surface area contributed by atoms with Gasteiger partial charge in [0.25, 0.3) is 0 Å². The van der Waals surface area contributed by atoms with Crippen molar-refractivity contribution in [3.8, 4) is 0 Å². The van der Waals surface area contributed by atoms with E-state index in [0.717, 1.165) is 5.56 Å². The molecule has 0 aliphatic carbocycles. The molecule has 0 bridgehead atoms. The van der Waals surface area contributed by atoms with Crippen molar-refractivity contribution in [3.05, 3.63) is 35.9 Å². The highest BCUT2D eigenvalue weighted by Crippen LogP contribution is 2.13. The van der Waals surface area contributed by atoms with E-state index in [2.05, 4.69) is 5.10 Å². The Morgan fingerprint density at radius 1 is 1.33 bits per heavy atom. The summed E-state index contributed by atoms with van der Waals surface area (Å²) in [7, 11) is 0. The molecule has 0 heterocycles. The van der Waals surface area contributed by atoms with E-state index in [4.69, 9.17) is 11.6 Å². The van der Waals surface area contributed by atoms with Crippen molar-refractivity contribution in [3.63, 3.8) is 0 Å². The van der Waals surface area contributed by atoms with Crippen LogP contribution in [0.15, 0.2) is 35.4 Å². The lowest BCUT2D eigenvalue weighted by Gasteiger charge is -2.09. The molecule has 4 N–H and O–H groups in total. The Morgan fingerprint density at radius 3 is 2.42 bits per heavy atom. The van der Waals surface area contributed by atoms with Gasteiger partial charge >= 0.3 is 0 Å². The predicted molar refractivity (Wildman–Crippen MR) is 50.7 cm³/mol. The van der Waals surface area contributed by atoms with Gasteiger partial charge in [-0.2, -0.15) is 5.10 Å². The van der Waals surface area contributed by atoms with Gasteiger partial charge in [-0.3, -0.25) is 0 Å². The first-order valence-electron chi connectivity index (χ1n) is 3.84. The third-order valence-electron chi connectivity index (χ3n) is 1.89. The number of nitrogens with zero attached hydrogens (tertiary/aromatic N) is 1. The monoisotopic (exact) mass is 163 g/mol. The minimum atomic E-state index is 0.0937. The lowest BCUT2D eigenvalue weighted by molar-refractivity contribution is 0.984. The van der Waals surface area contributed by atoms with Crippen LogP contribution in [0, 0.1) is 0 Å². The molecule has 3 heteroatoms. The minimum Gasteiger partial charge on any atom is -0.385 e. The summed E-state index contributed by atoms with van der Waals surface area (Å²) in [6, 6.07) is 9.91. The maximum Gasteiger partial charge on any atom is 0.126 e. The van der Waals surface area contributed by atoms with Crippen molar-refractivity contribution in [1.29, 1.82) is 0 Å². The summed E-state index contributed by atoms with van der Waals surface area (Å²) in [5.74, 6) is 5.63. The average Bonchev–Trinajstić information content (AvgIpc) is 2.17. The zero-order valence-electron chi connectivity index (χ0n) is 7.07. The highest BCUT2D eigenvalue weighted by atomic mass is 15.2. The molecule has 1 atom stereocenters. The van der Waals surface area contributed by atoms with Crippen LogP contribution in [0.5, 0.6) is 0 Å². The van der Waals surface area contributed by atoms with Gasteiger partial charge in [-0.25, -0.2) is 0 Å². The van der Waals surface area contributed by atoms with Gasteiger partial charge in [0.15, 0.2) is 0 Å². The Labute approximate surface area is 72.1 Å². The van der Waals surface area contributed by atoms with Gasteiger partial charge in [0.1, 0.15) is 5.84 Å². The fraction of sp³-hybridized carbons (Fsp3) is 0.222.